The second kappa shape index (κ2) is 8.09. The molecule has 96 valence electrons. The molecule has 0 saturated heterocycles. The first-order valence-corrected chi connectivity index (χ1v) is 7.74. The van der Waals surface area contributed by atoms with Crippen LogP contribution < -0.4 is 5.32 Å². The van der Waals surface area contributed by atoms with Gasteiger partial charge in [0.25, 0.3) is 0 Å². The number of hydrogen-bond acceptors (Lipinski definition) is 1. The minimum Gasteiger partial charge on any atom is -0.310 e. The van der Waals surface area contributed by atoms with Crippen molar-refractivity contribution in [2.45, 2.75) is 46.1 Å². The number of halogens is 1. The van der Waals surface area contributed by atoms with Gasteiger partial charge in [-0.25, -0.2) is 0 Å². The first-order chi connectivity index (χ1) is 8.19. The Bertz CT molecular complexity index is 324. The first kappa shape index (κ1) is 15.0. The van der Waals surface area contributed by atoms with E-state index in [2.05, 4.69) is 72.9 Å². The zero-order chi connectivity index (χ0) is 12.7. The van der Waals surface area contributed by atoms with Crippen LogP contribution in [0, 0.1) is 9.49 Å². The van der Waals surface area contributed by atoms with Crippen LogP contribution in [0.1, 0.15) is 51.6 Å². The van der Waals surface area contributed by atoms with Crippen molar-refractivity contribution in [1.29, 1.82) is 0 Å². The van der Waals surface area contributed by atoms with Crippen LogP contribution in [0.5, 0.6) is 0 Å². The van der Waals surface area contributed by atoms with Gasteiger partial charge >= 0.3 is 0 Å². The van der Waals surface area contributed by atoms with E-state index >= 15 is 0 Å². The zero-order valence-corrected chi connectivity index (χ0v) is 13.3. The fourth-order valence-electron chi connectivity index (χ4n) is 2.34. The van der Waals surface area contributed by atoms with Gasteiger partial charge < -0.3 is 5.32 Å². The highest BCUT2D eigenvalue weighted by molar-refractivity contribution is 14.1. The number of nitrogens with one attached hydrogen (secondary N) is 1. The molecule has 1 rings (SSSR count). The van der Waals surface area contributed by atoms with E-state index in [0.717, 1.165) is 12.5 Å². The van der Waals surface area contributed by atoms with Gasteiger partial charge in [-0.05, 0) is 53.1 Å². The van der Waals surface area contributed by atoms with Crippen molar-refractivity contribution in [1.82, 2.24) is 5.32 Å². The molecular formula is C15H24IN. The van der Waals surface area contributed by atoms with Gasteiger partial charge in [0.15, 0.2) is 0 Å². The monoisotopic (exact) mass is 345 g/mol. The maximum absolute atomic E-state index is 3.62. The summed E-state index contributed by atoms with van der Waals surface area (Å²) < 4.78 is 1.37. The molecule has 0 saturated carbocycles. The molecule has 1 aromatic rings. The van der Waals surface area contributed by atoms with Crippen LogP contribution in [0.15, 0.2) is 24.3 Å². The van der Waals surface area contributed by atoms with Crippen molar-refractivity contribution in [3.8, 4) is 0 Å². The molecule has 17 heavy (non-hydrogen) atoms. The third-order valence-electron chi connectivity index (χ3n) is 3.15. The van der Waals surface area contributed by atoms with Gasteiger partial charge in [-0.1, -0.05) is 51.8 Å². The highest BCUT2D eigenvalue weighted by Crippen LogP contribution is 2.27. The van der Waals surface area contributed by atoms with E-state index in [0.29, 0.717) is 6.04 Å². The molecule has 0 aliphatic carbocycles. The lowest BCUT2D eigenvalue weighted by Crippen LogP contribution is -2.23. The number of benzene rings is 1. The quantitative estimate of drug-likeness (QED) is 0.702. The molecule has 0 radical (unpaired) electrons. The van der Waals surface area contributed by atoms with Crippen LogP contribution >= 0.6 is 22.6 Å². The second-order valence-corrected chi connectivity index (χ2v) is 5.92. The van der Waals surface area contributed by atoms with E-state index in [1.165, 1.54) is 28.4 Å². The van der Waals surface area contributed by atoms with E-state index in [1.807, 2.05) is 0 Å². The van der Waals surface area contributed by atoms with Crippen LogP contribution in [-0.2, 0) is 0 Å². The lowest BCUT2D eigenvalue weighted by atomic mass is 9.93. The first-order valence-electron chi connectivity index (χ1n) is 6.66. The molecule has 0 aliphatic rings. The third kappa shape index (κ3) is 4.96. The van der Waals surface area contributed by atoms with Crippen LogP contribution in [-0.4, -0.2) is 6.54 Å². The largest absolute Gasteiger partial charge is 0.310 e. The van der Waals surface area contributed by atoms with Crippen LogP contribution in [0.3, 0.4) is 0 Å². The van der Waals surface area contributed by atoms with Crippen LogP contribution in [0.25, 0.3) is 0 Å². The predicted octanol–water partition coefficient (Wildman–Crippen LogP) is 4.77. The fourth-order valence-corrected chi connectivity index (χ4v) is 3.10. The average Bonchev–Trinajstić information content (AvgIpc) is 2.29. The van der Waals surface area contributed by atoms with Crippen molar-refractivity contribution < 1.29 is 0 Å². The molecule has 2 unspecified atom stereocenters. The Hall–Kier alpha value is -0.0900. The normalized spacial score (nSPS) is 14.6. The molecule has 2 atom stereocenters. The summed E-state index contributed by atoms with van der Waals surface area (Å²) in [5.41, 5.74) is 1.46. The average molecular weight is 345 g/mol. The molecule has 1 N–H and O–H groups in total. The van der Waals surface area contributed by atoms with Crippen LogP contribution in [0.4, 0.5) is 0 Å². The van der Waals surface area contributed by atoms with Gasteiger partial charge in [-0.3, -0.25) is 0 Å². The molecule has 0 aliphatic heterocycles. The van der Waals surface area contributed by atoms with Gasteiger partial charge in [0, 0.05) is 9.61 Å². The molecule has 0 aromatic heterocycles. The van der Waals surface area contributed by atoms with E-state index in [4.69, 9.17) is 0 Å². The Morgan fingerprint density at radius 1 is 1.24 bits per heavy atom. The molecule has 0 fully saturated rings. The van der Waals surface area contributed by atoms with Crippen molar-refractivity contribution in [3.05, 3.63) is 33.4 Å². The molecule has 0 amide bonds. The predicted molar refractivity (Wildman–Crippen MR) is 84.3 cm³/mol. The van der Waals surface area contributed by atoms with Crippen LogP contribution in [0.2, 0.25) is 0 Å². The Labute approximate surface area is 120 Å². The highest BCUT2D eigenvalue weighted by atomic mass is 127. The summed E-state index contributed by atoms with van der Waals surface area (Å²) in [6.45, 7) is 7.86. The molecule has 0 heterocycles. The topological polar surface area (TPSA) is 12.0 Å². The van der Waals surface area contributed by atoms with Gasteiger partial charge in [-0.2, -0.15) is 0 Å². The minimum absolute atomic E-state index is 0.509. The minimum atomic E-state index is 0.509. The molecule has 2 heteroatoms. The zero-order valence-electron chi connectivity index (χ0n) is 11.2. The molecule has 0 bridgehead atoms. The number of hydrogen-bond donors (Lipinski definition) is 1. The highest BCUT2D eigenvalue weighted by Gasteiger charge is 2.15. The maximum atomic E-state index is 3.62. The van der Waals surface area contributed by atoms with Crippen molar-refractivity contribution in [2.24, 2.45) is 5.92 Å². The maximum Gasteiger partial charge on any atom is 0.0333 e. The van der Waals surface area contributed by atoms with E-state index < -0.39 is 0 Å². The summed E-state index contributed by atoms with van der Waals surface area (Å²) in [7, 11) is 0. The summed E-state index contributed by atoms with van der Waals surface area (Å²) >= 11 is 2.44. The van der Waals surface area contributed by atoms with Crippen molar-refractivity contribution in [2.75, 3.05) is 6.54 Å². The van der Waals surface area contributed by atoms with Crippen molar-refractivity contribution in [3.63, 3.8) is 0 Å². The standard InChI is InChI=1S/C15H24IN/c1-4-8-12(3)11-15(17-5-2)13-9-6-7-10-14(13)16/h6-7,9-10,12,15,17H,4-5,8,11H2,1-3H3. The summed E-state index contributed by atoms with van der Waals surface area (Å²) in [6, 6.07) is 9.23. The van der Waals surface area contributed by atoms with Gasteiger partial charge in [0.1, 0.15) is 0 Å². The Morgan fingerprint density at radius 2 is 1.94 bits per heavy atom. The summed E-state index contributed by atoms with van der Waals surface area (Å²) in [5.74, 6) is 0.792. The van der Waals surface area contributed by atoms with E-state index in [1.54, 1.807) is 0 Å². The summed E-state index contributed by atoms with van der Waals surface area (Å²) in [6.07, 6.45) is 3.85. The fraction of sp³-hybridized carbons (Fsp3) is 0.600. The third-order valence-corrected chi connectivity index (χ3v) is 4.13. The Morgan fingerprint density at radius 3 is 2.53 bits per heavy atom. The number of rotatable bonds is 7. The van der Waals surface area contributed by atoms with Gasteiger partial charge in [-0.15, -0.1) is 0 Å². The summed E-state index contributed by atoms with van der Waals surface area (Å²) in [4.78, 5) is 0. The molecular weight excluding hydrogens is 321 g/mol. The Balaban J connectivity index is 2.75. The van der Waals surface area contributed by atoms with E-state index in [9.17, 15) is 0 Å². The lowest BCUT2D eigenvalue weighted by molar-refractivity contribution is 0.394. The molecule has 1 nitrogen and oxygen atoms in total. The molecule has 0 spiro atoms. The van der Waals surface area contributed by atoms with Gasteiger partial charge in [0.05, 0.1) is 0 Å². The van der Waals surface area contributed by atoms with E-state index in [-0.39, 0.29) is 0 Å². The molecule has 1 aromatic carbocycles. The second-order valence-electron chi connectivity index (χ2n) is 4.76. The SMILES string of the molecule is CCCC(C)CC(NCC)c1ccccc1I. The van der Waals surface area contributed by atoms with Crippen molar-refractivity contribution >= 4 is 22.6 Å². The summed E-state index contributed by atoms with van der Waals surface area (Å²) in [5, 5.41) is 3.62. The Kier molecular flexibility index (Phi) is 7.12. The van der Waals surface area contributed by atoms with Gasteiger partial charge in [0.2, 0.25) is 0 Å². The lowest BCUT2D eigenvalue weighted by Gasteiger charge is -2.23. The smallest absolute Gasteiger partial charge is 0.0333 e.